The molecule has 0 saturated heterocycles. The van der Waals surface area contributed by atoms with Crippen molar-refractivity contribution in [2.24, 2.45) is 5.92 Å². The van der Waals surface area contributed by atoms with Crippen molar-refractivity contribution in [1.82, 2.24) is 5.32 Å². The molecule has 84 valence electrons. The zero-order chi connectivity index (χ0) is 11.3. The van der Waals surface area contributed by atoms with Gasteiger partial charge in [-0.1, -0.05) is 13.8 Å². The van der Waals surface area contributed by atoms with Crippen LogP contribution in [0.5, 0.6) is 0 Å². The number of hydrogen-bond donors (Lipinski definition) is 1. The second-order valence-electron chi connectivity index (χ2n) is 3.76. The molecule has 3 nitrogen and oxygen atoms in total. The average molecular weight is 209 g/mol. The lowest BCUT2D eigenvalue weighted by atomic mass is 10.0. The highest BCUT2D eigenvalue weighted by Gasteiger charge is 2.17. The van der Waals surface area contributed by atoms with Crippen LogP contribution in [0.4, 0.5) is 0 Å². The highest BCUT2D eigenvalue weighted by Crippen LogP contribution is 2.15. The van der Waals surface area contributed by atoms with Gasteiger partial charge in [-0.2, -0.15) is 0 Å². The van der Waals surface area contributed by atoms with Crippen molar-refractivity contribution in [3.8, 4) is 0 Å². The fraction of sp³-hybridized carbons (Fsp3) is 0.583. The van der Waals surface area contributed by atoms with E-state index in [1.165, 1.54) is 0 Å². The maximum absolute atomic E-state index is 11.8. The van der Waals surface area contributed by atoms with Crippen LogP contribution in [0.25, 0.3) is 0 Å². The molecule has 1 rings (SSSR count). The molecule has 0 saturated carbocycles. The number of furan rings is 1. The minimum atomic E-state index is -0.0481. The molecule has 1 aromatic rings. The Labute approximate surface area is 90.9 Å². The first-order chi connectivity index (χ1) is 7.19. The van der Waals surface area contributed by atoms with Gasteiger partial charge >= 0.3 is 0 Å². The van der Waals surface area contributed by atoms with Crippen LogP contribution in [0.15, 0.2) is 22.8 Å². The summed E-state index contributed by atoms with van der Waals surface area (Å²) in [6.45, 7) is 6.00. The molecular weight excluding hydrogens is 190 g/mol. The van der Waals surface area contributed by atoms with E-state index in [4.69, 9.17) is 4.42 Å². The molecule has 1 heterocycles. The lowest BCUT2D eigenvalue weighted by Crippen LogP contribution is -2.32. The Morgan fingerprint density at radius 1 is 1.47 bits per heavy atom. The highest BCUT2D eigenvalue weighted by atomic mass is 16.3. The van der Waals surface area contributed by atoms with Gasteiger partial charge in [-0.05, 0) is 31.9 Å². The van der Waals surface area contributed by atoms with Crippen LogP contribution >= 0.6 is 0 Å². The SMILES string of the molecule is CCC(CC)C(=O)NC(C)c1ccco1. The molecule has 0 aliphatic heterocycles. The Kier molecular flexibility index (Phi) is 4.40. The summed E-state index contributed by atoms with van der Waals surface area (Å²) in [5.41, 5.74) is 0. The molecule has 0 aliphatic rings. The van der Waals surface area contributed by atoms with Gasteiger partial charge in [0.2, 0.25) is 5.91 Å². The molecule has 1 N–H and O–H groups in total. The van der Waals surface area contributed by atoms with Crippen LogP contribution in [0, 0.1) is 5.92 Å². The summed E-state index contributed by atoms with van der Waals surface area (Å²) in [6, 6.07) is 3.65. The van der Waals surface area contributed by atoms with E-state index in [0.29, 0.717) is 0 Å². The van der Waals surface area contributed by atoms with Gasteiger partial charge in [-0.25, -0.2) is 0 Å². The standard InChI is InChI=1S/C12H19NO2/c1-4-10(5-2)12(14)13-9(3)11-7-6-8-15-11/h6-10H,4-5H2,1-3H3,(H,13,14). The van der Waals surface area contributed by atoms with Gasteiger partial charge in [0.1, 0.15) is 5.76 Å². The van der Waals surface area contributed by atoms with E-state index in [-0.39, 0.29) is 17.9 Å². The monoisotopic (exact) mass is 209 g/mol. The van der Waals surface area contributed by atoms with E-state index < -0.39 is 0 Å². The van der Waals surface area contributed by atoms with E-state index in [1.54, 1.807) is 6.26 Å². The van der Waals surface area contributed by atoms with Gasteiger partial charge in [0.15, 0.2) is 0 Å². The topological polar surface area (TPSA) is 42.2 Å². The number of hydrogen-bond acceptors (Lipinski definition) is 2. The van der Waals surface area contributed by atoms with E-state index in [9.17, 15) is 4.79 Å². The Hall–Kier alpha value is -1.25. The van der Waals surface area contributed by atoms with Crippen molar-refractivity contribution in [1.29, 1.82) is 0 Å². The molecule has 0 aliphatic carbocycles. The Balaban J connectivity index is 2.51. The summed E-state index contributed by atoms with van der Waals surface area (Å²) in [5, 5.41) is 2.95. The van der Waals surface area contributed by atoms with Gasteiger partial charge in [-0.3, -0.25) is 4.79 Å². The Bertz CT molecular complexity index is 289. The summed E-state index contributed by atoms with van der Waals surface area (Å²) in [7, 11) is 0. The maximum Gasteiger partial charge on any atom is 0.223 e. The van der Waals surface area contributed by atoms with Crippen molar-refractivity contribution >= 4 is 5.91 Å². The first-order valence-corrected chi connectivity index (χ1v) is 5.52. The zero-order valence-electron chi connectivity index (χ0n) is 9.62. The molecule has 1 atom stereocenters. The molecule has 0 radical (unpaired) electrons. The summed E-state index contributed by atoms with van der Waals surface area (Å²) >= 11 is 0. The van der Waals surface area contributed by atoms with Crippen molar-refractivity contribution in [3.63, 3.8) is 0 Å². The summed E-state index contributed by atoms with van der Waals surface area (Å²) < 4.78 is 5.23. The molecule has 1 amide bonds. The van der Waals surface area contributed by atoms with Crippen molar-refractivity contribution < 1.29 is 9.21 Å². The normalized spacial score (nSPS) is 12.8. The largest absolute Gasteiger partial charge is 0.467 e. The summed E-state index contributed by atoms with van der Waals surface area (Å²) in [5.74, 6) is 1.03. The lowest BCUT2D eigenvalue weighted by Gasteiger charge is -2.16. The third-order valence-corrected chi connectivity index (χ3v) is 2.69. The van der Waals surface area contributed by atoms with E-state index >= 15 is 0 Å². The Morgan fingerprint density at radius 2 is 2.13 bits per heavy atom. The van der Waals surface area contributed by atoms with Gasteiger partial charge in [0, 0.05) is 5.92 Å². The third-order valence-electron chi connectivity index (χ3n) is 2.69. The number of nitrogens with one attached hydrogen (secondary N) is 1. The number of rotatable bonds is 5. The van der Waals surface area contributed by atoms with E-state index in [2.05, 4.69) is 5.32 Å². The van der Waals surface area contributed by atoms with Gasteiger partial charge in [0.25, 0.3) is 0 Å². The summed E-state index contributed by atoms with van der Waals surface area (Å²) in [6.07, 6.45) is 3.38. The van der Waals surface area contributed by atoms with Crippen LogP contribution in [0.3, 0.4) is 0 Å². The van der Waals surface area contributed by atoms with Crippen molar-refractivity contribution in [3.05, 3.63) is 24.2 Å². The quantitative estimate of drug-likeness (QED) is 0.810. The minimum absolute atomic E-state index is 0.0481. The van der Waals surface area contributed by atoms with Crippen LogP contribution in [0.2, 0.25) is 0 Å². The smallest absolute Gasteiger partial charge is 0.223 e. The fourth-order valence-electron chi connectivity index (χ4n) is 1.60. The van der Waals surface area contributed by atoms with Crippen molar-refractivity contribution in [2.45, 2.75) is 39.7 Å². The molecular formula is C12H19NO2. The van der Waals surface area contributed by atoms with Gasteiger partial charge in [0.05, 0.1) is 12.3 Å². The second kappa shape index (κ2) is 5.59. The second-order valence-corrected chi connectivity index (χ2v) is 3.76. The molecule has 0 bridgehead atoms. The number of amides is 1. The van der Waals surface area contributed by atoms with Crippen molar-refractivity contribution in [2.75, 3.05) is 0 Å². The van der Waals surface area contributed by atoms with Crippen LogP contribution in [-0.2, 0) is 4.79 Å². The molecule has 15 heavy (non-hydrogen) atoms. The third kappa shape index (κ3) is 3.11. The maximum atomic E-state index is 11.8. The van der Waals surface area contributed by atoms with Gasteiger partial charge in [-0.15, -0.1) is 0 Å². The Morgan fingerprint density at radius 3 is 2.60 bits per heavy atom. The van der Waals surface area contributed by atoms with Gasteiger partial charge < -0.3 is 9.73 Å². The van der Waals surface area contributed by atoms with E-state index in [0.717, 1.165) is 18.6 Å². The molecule has 0 spiro atoms. The lowest BCUT2D eigenvalue weighted by molar-refractivity contribution is -0.126. The first kappa shape index (κ1) is 11.8. The molecule has 3 heteroatoms. The molecule has 0 aromatic carbocycles. The minimum Gasteiger partial charge on any atom is -0.467 e. The molecule has 0 fully saturated rings. The number of carbonyl (C=O) groups is 1. The first-order valence-electron chi connectivity index (χ1n) is 5.52. The van der Waals surface area contributed by atoms with Crippen LogP contribution < -0.4 is 5.32 Å². The average Bonchev–Trinajstić information content (AvgIpc) is 2.72. The van der Waals surface area contributed by atoms with Crippen LogP contribution in [-0.4, -0.2) is 5.91 Å². The molecule has 1 aromatic heterocycles. The molecule has 1 unspecified atom stereocenters. The summed E-state index contributed by atoms with van der Waals surface area (Å²) in [4.78, 5) is 11.8. The predicted molar refractivity (Wildman–Crippen MR) is 59.3 cm³/mol. The highest BCUT2D eigenvalue weighted by molar-refractivity contribution is 5.78. The van der Waals surface area contributed by atoms with Crippen LogP contribution in [0.1, 0.15) is 45.4 Å². The predicted octanol–water partition coefficient (Wildman–Crippen LogP) is 2.89. The zero-order valence-corrected chi connectivity index (χ0v) is 9.62. The van der Waals surface area contributed by atoms with E-state index in [1.807, 2.05) is 32.9 Å². The fourth-order valence-corrected chi connectivity index (χ4v) is 1.60. The number of carbonyl (C=O) groups excluding carboxylic acids is 1.